The van der Waals surface area contributed by atoms with Gasteiger partial charge in [0.25, 0.3) is 5.56 Å². The monoisotopic (exact) mass is 411 g/mol. The number of carbonyl (C=O) groups is 2. The van der Waals surface area contributed by atoms with E-state index in [1.165, 1.54) is 18.3 Å². The van der Waals surface area contributed by atoms with E-state index < -0.39 is 5.97 Å². The van der Waals surface area contributed by atoms with Crippen molar-refractivity contribution in [3.63, 3.8) is 0 Å². The molecule has 0 saturated carbocycles. The fraction of sp³-hybridized carbons (Fsp3) is 0.333. The summed E-state index contributed by atoms with van der Waals surface area (Å²) in [4.78, 5) is 42.5. The lowest BCUT2D eigenvalue weighted by atomic mass is 10.2. The van der Waals surface area contributed by atoms with Crippen molar-refractivity contribution >= 4 is 39.1 Å². The zero-order valence-corrected chi connectivity index (χ0v) is 17.1. The molecule has 150 valence electrons. The number of nitrogens with one attached hydrogen (secondary N) is 1. The molecule has 29 heavy (non-hydrogen) atoms. The number of amides is 1. The third kappa shape index (κ3) is 3.80. The van der Waals surface area contributed by atoms with Crippen LogP contribution in [0.5, 0.6) is 5.75 Å². The Morgan fingerprint density at radius 3 is 2.66 bits per heavy atom. The maximum absolute atomic E-state index is 13.0. The van der Waals surface area contributed by atoms with Gasteiger partial charge in [-0.25, -0.2) is 9.78 Å². The van der Waals surface area contributed by atoms with E-state index in [2.05, 4.69) is 10.3 Å². The highest BCUT2D eigenvalue weighted by Crippen LogP contribution is 2.29. The van der Waals surface area contributed by atoms with Crippen LogP contribution in [0.3, 0.4) is 0 Å². The maximum Gasteiger partial charge on any atom is 0.354 e. The second-order valence-electron chi connectivity index (χ2n) is 7.13. The van der Waals surface area contributed by atoms with Gasteiger partial charge in [0.05, 0.1) is 5.39 Å². The minimum atomic E-state index is -0.516. The summed E-state index contributed by atoms with van der Waals surface area (Å²) in [5, 5.41) is 3.17. The number of thiophene rings is 1. The van der Waals surface area contributed by atoms with Crippen LogP contribution in [0.15, 0.2) is 29.1 Å². The predicted octanol–water partition coefficient (Wildman–Crippen LogP) is 3.67. The molecule has 3 aromatic rings. The summed E-state index contributed by atoms with van der Waals surface area (Å²) in [5.74, 6) is 0.473. The molecule has 1 amide bonds. The van der Waals surface area contributed by atoms with Gasteiger partial charge in [-0.3, -0.25) is 14.2 Å². The number of nitrogens with zero attached hydrogens (tertiary/aromatic N) is 2. The van der Waals surface area contributed by atoms with Crippen LogP contribution in [0.25, 0.3) is 10.2 Å². The van der Waals surface area contributed by atoms with E-state index in [-0.39, 0.29) is 11.5 Å². The average Bonchev–Trinajstić information content (AvgIpc) is 2.85. The Hall–Kier alpha value is -3.00. The maximum atomic E-state index is 13.0. The first-order chi connectivity index (χ1) is 13.9. The second kappa shape index (κ2) is 7.79. The number of aryl methyl sites for hydroxylation is 2. The third-order valence-corrected chi connectivity index (χ3v) is 6.15. The molecular weight excluding hydrogens is 390 g/mol. The molecule has 0 fully saturated rings. The molecule has 0 bridgehead atoms. The molecule has 0 saturated heterocycles. The Morgan fingerprint density at radius 1 is 1.17 bits per heavy atom. The summed E-state index contributed by atoms with van der Waals surface area (Å²) >= 11 is 1.20. The Bertz CT molecular complexity index is 1160. The molecule has 0 aliphatic carbocycles. The smallest absolute Gasteiger partial charge is 0.354 e. The van der Waals surface area contributed by atoms with Gasteiger partial charge in [-0.05, 0) is 49.6 Å². The van der Waals surface area contributed by atoms with E-state index in [0.717, 1.165) is 31.5 Å². The lowest BCUT2D eigenvalue weighted by Gasteiger charge is -2.08. The number of anilines is 1. The van der Waals surface area contributed by atoms with Crippen LogP contribution in [-0.2, 0) is 17.8 Å². The van der Waals surface area contributed by atoms with Gasteiger partial charge in [-0.2, -0.15) is 0 Å². The number of aromatic nitrogens is 2. The fourth-order valence-corrected chi connectivity index (χ4v) is 4.63. The Kier molecular flexibility index (Phi) is 5.19. The van der Waals surface area contributed by atoms with E-state index in [1.807, 2.05) is 0 Å². The number of carbonyl (C=O) groups excluding carboxylic acids is 2. The second-order valence-corrected chi connectivity index (χ2v) is 8.13. The molecule has 1 aromatic carbocycles. The van der Waals surface area contributed by atoms with Crippen molar-refractivity contribution in [2.75, 3.05) is 5.32 Å². The van der Waals surface area contributed by atoms with Gasteiger partial charge in [-0.1, -0.05) is 6.42 Å². The van der Waals surface area contributed by atoms with Gasteiger partial charge in [0.15, 0.2) is 0 Å². The SMILES string of the molecule is CC(=O)Nc1ccc(OC(=O)c2sc3nc4n(c(=O)c3c2C)CCCCC4)cc1. The number of esters is 1. The molecule has 4 rings (SSSR count). The first kappa shape index (κ1) is 19.3. The molecule has 8 heteroatoms. The summed E-state index contributed by atoms with van der Waals surface area (Å²) in [6, 6.07) is 6.54. The summed E-state index contributed by atoms with van der Waals surface area (Å²) < 4.78 is 7.23. The molecule has 1 aliphatic heterocycles. The average molecular weight is 411 g/mol. The number of hydrogen-bond acceptors (Lipinski definition) is 6. The van der Waals surface area contributed by atoms with E-state index >= 15 is 0 Å². The quantitative estimate of drug-likeness (QED) is 0.525. The molecule has 0 unspecified atom stereocenters. The molecule has 1 aliphatic rings. The molecule has 0 atom stereocenters. The molecule has 3 heterocycles. The molecule has 0 radical (unpaired) electrons. The van der Waals surface area contributed by atoms with Crippen LogP contribution in [0.2, 0.25) is 0 Å². The summed E-state index contributed by atoms with van der Waals surface area (Å²) in [5.41, 5.74) is 1.16. The van der Waals surface area contributed by atoms with Gasteiger partial charge in [0, 0.05) is 25.6 Å². The summed E-state index contributed by atoms with van der Waals surface area (Å²) in [7, 11) is 0. The van der Waals surface area contributed by atoms with E-state index in [1.54, 1.807) is 35.8 Å². The van der Waals surface area contributed by atoms with Crippen LogP contribution in [0.1, 0.15) is 47.2 Å². The fourth-order valence-electron chi connectivity index (χ4n) is 3.57. The van der Waals surface area contributed by atoms with Crippen molar-refractivity contribution in [3.05, 3.63) is 50.9 Å². The van der Waals surface area contributed by atoms with E-state index in [9.17, 15) is 14.4 Å². The van der Waals surface area contributed by atoms with Crippen molar-refractivity contribution in [2.45, 2.75) is 46.1 Å². The normalized spacial score (nSPS) is 13.6. The van der Waals surface area contributed by atoms with Crippen LogP contribution in [0, 0.1) is 6.92 Å². The number of hydrogen-bond donors (Lipinski definition) is 1. The molecule has 1 N–H and O–H groups in total. The standard InChI is InChI=1S/C21H21N3O4S/c1-12-17-19(23-16-6-4-3-5-11-24(16)20(17)26)29-18(12)21(27)28-15-9-7-14(8-10-15)22-13(2)25/h7-10H,3-6,11H2,1-2H3,(H,22,25). The van der Waals surface area contributed by atoms with Crippen LogP contribution in [-0.4, -0.2) is 21.4 Å². The predicted molar refractivity (Wildman–Crippen MR) is 112 cm³/mol. The molecular formula is C21H21N3O4S. The highest BCUT2D eigenvalue weighted by Gasteiger charge is 2.23. The number of ether oxygens (including phenoxy) is 1. The minimum absolute atomic E-state index is 0.0700. The van der Waals surface area contributed by atoms with E-state index in [4.69, 9.17) is 4.74 Å². The van der Waals surface area contributed by atoms with E-state index in [0.29, 0.717) is 38.6 Å². The first-order valence-electron chi connectivity index (χ1n) is 9.56. The molecule has 2 aromatic heterocycles. The van der Waals surface area contributed by atoms with Gasteiger partial charge in [-0.15, -0.1) is 11.3 Å². The van der Waals surface area contributed by atoms with Crippen LogP contribution >= 0.6 is 11.3 Å². The van der Waals surface area contributed by atoms with Crippen LogP contribution in [0.4, 0.5) is 5.69 Å². The van der Waals surface area contributed by atoms with Gasteiger partial charge >= 0.3 is 5.97 Å². The Labute approximate surface area is 171 Å². The lowest BCUT2D eigenvalue weighted by Crippen LogP contribution is -2.24. The van der Waals surface area contributed by atoms with Crippen LogP contribution < -0.4 is 15.6 Å². The Morgan fingerprint density at radius 2 is 1.93 bits per heavy atom. The highest BCUT2D eigenvalue weighted by atomic mass is 32.1. The zero-order valence-electron chi connectivity index (χ0n) is 16.3. The summed E-state index contributed by atoms with van der Waals surface area (Å²) in [6.45, 7) is 3.86. The topological polar surface area (TPSA) is 90.3 Å². The zero-order chi connectivity index (χ0) is 20.5. The third-order valence-electron chi connectivity index (χ3n) is 4.98. The summed E-state index contributed by atoms with van der Waals surface area (Å²) in [6.07, 6.45) is 3.86. The van der Waals surface area contributed by atoms with Crippen molar-refractivity contribution in [2.24, 2.45) is 0 Å². The van der Waals surface area contributed by atoms with Gasteiger partial charge in [0.1, 0.15) is 21.3 Å². The highest BCUT2D eigenvalue weighted by molar-refractivity contribution is 7.20. The van der Waals surface area contributed by atoms with Gasteiger partial charge < -0.3 is 10.1 Å². The number of benzene rings is 1. The minimum Gasteiger partial charge on any atom is -0.422 e. The Balaban J connectivity index is 1.64. The van der Waals surface area contributed by atoms with Crippen molar-refractivity contribution in [1.82, 2.24) is 9.55 Å². The lowest BCUT2D eigenvalue weighted by molar-refractivity contribution is -0.114. The van der Waals surface area contributed by atoms with Crippen molar-refractivity contribution in [3.8, 4) is 5.75 Å². The molecule has 7 nitrogen and oxygen atoms in total. The first-order valence-corrected chi connectivity index (χ1v) is 10.4. The number of fused-ring (bicyclic) bond motifs is 2. The van der Waals surface area contributed by atoms with Gasteiger partial charge in [0.2, 0.25) is 5.91 Å². The van der Waals surface area contributed by atoms with Crippen molar-refractivity contribution in [1.29, 1.82) is 0 Å². The molecule has 0 spiro atoms. The largest absolute Gasteiger partial charge is 0.422 e. The van der Waals surface area contributed by atoms with Crippen molar-refractivity contribution < 1.29 is 14.3 Å². The number of rotatable bonds is 3.